The zero-order valence-corrected chi connectivity index (χ0v) is 7.19. The molecule has 2 rings (SSSR count). The van der Waals surface area contributed by atoms with Gasteiger partial charge in [-0.2, -0.15) is 0 Å². The van der Waals surface area contributed by atoms with Crippen LogP contribution < -0.4 is 4.74 Å². The molecule has 0 fully saturated rings. The molecule has 0 amide bonds. The fraction of sp³-hybridized carbons (Fsp3) is 0.222. The van der Waals surface area contributed by atoms with Crippen LogP contribution in [0.25, 0.3) is 0 Å². The molecule has 0 saturated heterocycles. The van der Waals surface area contributed by atoms with E-state index in [9.17, 15) is 0 Å². The summed E-state index contributed by atoms with van der Waals surface area (Å²) in [6, 6.07) is 5.37. The summed E-state index contributed by atoms with van der Waals surface area (Å²) in [5.41, 5.74) is 1.50. The molecule has 12 heavy (non-hydrogen) atoms. The van der Waals surface area contributed by atoms with Gasteiger partial charge >= 0.3 is 0 Å². The van der Waals surface area contributed by atoms with Gasteiger partial charge in [0.2, 0.25) is 0 Å². The Bertz CT molecular complexity index is 335. The number of ether oxygens (including phenoxy) is 1. The molecule has 1 aliphatic rings. The van der Waals surface area contributed by atoms with Gasteiger partial charge in [0, 0.05) is 22.7 Å². The Morgan fingerprint density at radius 3 is 3.08 bits per heavy atom. The number of hydrogen-bond donors (Lipinski definition) is 1. The minimum absolute atomic E-state index is 0.589. The zero-order valence-electron chi connectivity index (χ0n) is 6.43. The van der Waals surface area contributed by atoms with E-state index in [2.05, 4.69) is 0 Å². The van der Waals surface area contributed by atoms with E-state index in [-0.39, 0.29) is 0 Å². The third-order valence-corrected chi connectivity index (χ3v) is 2.11. The highest BCUT2D eigenvalue weighted by Crippen LogP contribution is 2.27. The molecule has 0 aromatic heterocycles. The first-order chi connectivity index (χ1) is 5.77. The number of benzene rings is 1. The topological polar surface area (TPSA) is 33.1 Å². The minimum Gasteiger partial charge on any atom is -0.492 e. The van der Waals surface area contributed by atoms with Gasteiger partial charge in [0.1, 0.15) is 5.75 Å². The van der Waals surface area contributed by atoms with Crippen molar-refractivity contribution in [2.75, 3.05) is 6.61 Å². The fourth-order valence-electron chi connectivity index (χ4n) is 1.26. The molecule has 2 nitrogen and oxygen atoms in total. The van der Waals surface area contributed by atoms with Gasteiger partial charge in [-0.05, 0) is 18.2 Å². The Kier molecular flexibility index (Phi) is 1.77. The van der Waals surface area contributed by atoms with E-state index in [1.165, 1.54) is 0 Å². The molecule has 0 atom stereocenters. The summed E-state index contributed by atoms with van der Waals surface area (Å²) in [5.74, 6) is 0.735. The Labute approximate surface area is 75.6 Å². The average Bonchev–Trinajstić information content (AvgIpc) is 2.04. The maximum atomic E-state index is 7.62. The Hall–Kier alpha value is -1.02. The van der Waals surface area contributed by atoms with Crippen LogP contribution in [0.4, 0.5) is 0 Å². The molecule has 0 bridgehead atoms. The molecular formula is C9H8ClNO. The van der Waals surface area contributed by atoms with E-state index in [1.807, 2.05) is 6.07 Å². The standard InChI is InChI=1S/C9H8ClNO/c10-6-1-2-7-8(11)3-4-12-9(7)5-6/h1-2,5,11H,3-4H2. The fourth-order valence-corrected chi connectivity index (χ4v) is 1.42. The molecule has 1 N–H and O–H groups in total. The van der Waals surface area contributed by atoms with Gasteiger partial charge in [-0.15, -0.1) is 0 Å². The molecule has 1 aromatic rings. The maximum absolute atomic E-state index is 7.62. The van der Waals surface area contributed by atoms with Gasteiger partial charge in [0.15, 0.2) is 0 Å². The zero-order chi connectivity index (χ0) is 8.55. The van der Waals surface area contributed by atoms with E-state index in [0.717, 1.165) is 11.3 Å². The monoisotopic (exact) mass is 181 g/mol. The summed E-state index contributed by atoms with van der Waals surface area (Å²) in [7, 11) is 0. The van der Waals surface area contributed by atoms with Crippen molar-refractivity contribution in [3.63, 3.8) is 0 Å². The first-order valence-corrected chi connectivity index (χ1v) is 4.15. The Morgan fingerprint density at radius 2 is 2.25 bits per heavy atom. The second-order valence-corrected chi connectivity index (χ2v) is 3.15. The van der Waals surface area contributed by atoms with Gasteiger partial charge in [0.05, 0.1) is 6.61 Å². The SMILES string of the molecule is N=C1CCOc2cc(Cl)ccc21. The van der Waals surface area contributed by atoms with Crippen molar-refractivity contribution in [1.82, 2.24) is 0 Å². The molecule has 0 aliphatic carbocycles. The second kappa shape index (κ2) is 2.79. The molecule has 0 saturated carbocycles. The quantitative estimate of drug-likeness (QED) is 0.656. The van der Waals surface area contributed by atoms with Crippen LogP contribution in [0, 0.1) is 5.41 Å². The van der Waals surface area contributed by atoms with Crippen LogP contribution in [0.2, 0.25) is 5.02 Å². The van der Waals surface area contributed by atoms with Crippen molar-refractivity contribution < 1.29 is 4.74 Å². The smallest absolute Gasteiger partial charge is 0.129 e. The molecular weight excluding hydrogens is 174 g/mol. The van der Waals surface area contributed by atoms with Crippen LogP contribution in [0.3, 0.4) is 0 Å². The summed E-state index contributed by atoms with van der Waals surface area (Å²) >= 11 is 5.77. The first-order valence-electron chi connectivity index (χ1n) is 3.77. The van der Waals surface area contributed by atoms with Crippen molar-refractivity contribution >= 4 is 17.3 Å². The number of nitrogens with one attached hydrogen (secondary N) is 1. The summed E-state index contributed by atoms with van der Waals surface area (Å²) in [6.45, 7) is 0.589. The van der Waals surface area contributed by atoms with E-state index < -0.39 is 0 Å². The lowest BCUT2D eigenvalue weighted by molar-refractivity contribution is 0.320. The number of hydrogen-bond acceptors (Lipinski definition) is 2. The molecule has 1 aliphatic heterocycles. The van der Waals surface area contributed by atoms with Gasteiger partial charge in [-0.1, -0.05) is 11.6 Å². The summed E-state index contributed by atoms with van der Waals surface area (Å²) < 4.78 is 5.35. The lowest BCUT2D eigenvalue weighted by Gasteiger charge is -2.17. The maximum Gasteiger partial charge on any atom is 0.129 e. The van der Waals surface area contributed by atoms with Crippen LogP contribution in [0.5, 0.6) is 5.75 Å². The van der Waals surface area contributed by atoms with Crippen molar-refractivity contribution in [3.05, 3.63) is 28.8 Å². The highest BCUT2D eigenvalue weighted by Gasteiger charge is 2.14. The first kappa shape index (κ1) is 7.62. The highest BCUT2D eigenvalue weighted by molar-refractivity contribution is 6.30. The largest absolute Gasteiger partial charge is 0.492 e. The number of rotatable bonds is 0. The predicted molar refractivity (Wildman–Crippen MR) is 48.4 cm³/mol. The molecule has 0 unspecified atom stereocenters. The molecule has 0 radical (unpaired) electrons. The normalized spacial score (nSPS) is 15.2. The minimum atomic E-state index is 0.589. The number of halogens is 1. The lowest BCUT2D eigenvalue weighted by Crippen LogP contribution is -2.14. The molecule has 62 valence electrons. The summed E-state index contributed by atoms with van der Waals surface area (Å²) in [4.78, 5) is 0. The molecule has 1 heterocycles. The number of fused-ring (bicyclic) bond motifs is 1. The van der Waals surface area contributed by atoms with Crippen LogP contribution in [0.15, 0.2) is 18.2 Å². The van der Waals surface area contributed by atoms with Gasteiger partial charge in [0.25, 0.3) is 0 Å². The summed E-state index contributed by atoms with van der Waals surface area (Å²) in [6.07, 6.45) is 0.689. The van der Waals surface area contributed by atoms with E-state index in [4.69, 9.17) is 21.7 Å². The van der Waals surface area contributed by atoms with Gasteiger partial charge in [-0.3, -0.25) is 0 Å². The molecule has 1 aromatic carbocycles. The molecule has 0 spiro atoms. The Morgan fingerprint density at radius 1 is 1.42 bits per heavy atom. The van der Waals surface area contributed by atoms with Crippen molar-refractivity contribution in [3.8, 4) is 5.75 Å². The highest BCUT2D eigenvalue weighted by atomic mass is 35.5. The summed E-state index contributed by atoms with van der Waals surface area (Å²) in [5, 5.41) is 8.27. The lowest BCUT2D eigenvalue weighted by atomic mass is 10.0. The van der Waals surface area contributed by atoms with Crippen molar-refractivity contribution in [2.24, 2.45) is 0 Å². The average molecular weight is 182 g/mol. The third kappa shape index (κ3) is 1.18. The van der Waals surface area contributed by atoms with Crippen LogP contribution in [-0.2, 0) is 0 Å². The third-order valence-electron chi connectivity index (χ3n) is 1.88. The van der Waals surface area contributed by atoms with E-state index in [0.29, 0.717) is 23.8 Å². The van der Waals surface area contributed by atoms with Crippen LogP contribution >= 0.6 is 11.6 Å². The van der Waals surface area contributed by atoms with Gasteiger partial charge < -0.3 is 10.1 Å². The molecule has 3 heteroatoms. The van der Waals surface area contributed by atoms with Crippen molar-refractivity contribution in [2.45, 2.75) is 6.42 Å². The van der Waals surface area contributed by atoms with Crippen LogP contribution in [-0.4, -0.2) is 12.3 Å². The van der Waals surface area contributed by atoms with Gasteiger partial charge in [-0.25, -0.2) is 0 Å². The van der Waals surface area contributed by atoms with Crippen molar-refractivity contribution in [1.29, 1.82) is 5.41 Å². The van der Waals surface area contributed by atoms with Crippen LogP contribution in [0.1, 0.15) is 12.0 Å². The second-order valence-electron chi connectivity index (χ2n) is 2.72. The Balaban J connectivity index is 2.53. The van der Waals surface area contributed by atoms with E-state index in [1.54, 1.807) is 12.1 Å². The van der Waals surface area contributed by atoms with E-state index >= 15 is 0 Å². The predicted octanol–water partition coefficient (Wildman–Crippen LogP) is 2.49.